The van der Waals surface area contributed by atoms with Crippen LogP contribution in [-0.2, 0) is 0 Å². The molecule has 118 valence electrons. The first-order valence-corrected chi connectivity index (χ1v) is 8.24. The van der Waals surface area contributed by atoms with Crippen LogP contribution < -0.4 is 0 Å². The summed E-state index contributed by atoms with van der Waals surface area (Å²) >= 11 is 7.32. The summed E-state index contributed by atoms with van der Waals surface area (Å²) in [7, 11) is 0. The van der Waals surface area contributed by atoms with Crippen molar-refractivity contribution in [2.24, 2.45) is 4.99 Å². The van der Waals surface area contributed by atoms with Crippen LogP contribution >= 0.6 is 22.9 Å². The monoisotopic (exact) mass is 355 g/mol. The molecule has 4 rings (SSSR count). The molecule has 0 saturated carbocycles. The SMILES string of the molecule is Oc1oc(-c2ccc(Cl)cc2)nc1/C=N/c1nc2ccccc2s1. The van der Waals surface area contributed by atoms with Crippen LogP contribution in [0.3, 0.4) is 0 Å². The second-order valence-electron chi connectivity index (χ2n) is 4.94. The average Bonchev–Trinajstić information content (AvgIpc) is 3.16. The molecule has 1 N–H and O–H groups in total. The molecule has 0 saturated heterocycles. The zero-order valence-electron chi connectivity index (χ0n) is 12.2. The van der Waals surface area contributed by atoms with Gasteiger partial charge in [0.05, 0.1) is 16.4 Å². The molecule has 4 aromatic rings. The first-order valence-electron chi connectivity index (χ1n) is 7.04. The van der Waals surface area contributed by atoms with E-state index in [1.54, 1.807) is 24.3 Å². The van der Waals surface area contributed by atoms with Crippen molar-refractivity contribution in [1.82, 2.24) is 9.97 Å². The maximum Gasteiger partial charge on any atom is 0.312 e. The van der Waals surface area contributed by atoms with E-state index in [1.807, 2.05) is 24.3 Å². The summed E-state index contributed by atoms with van der Waals surface area (Å²) in [5.41, 5.74) is 1.86. The van der Waals surface area contributed by atoms with Crippen molar-refractivity contribution in [3.05, 3.63) is 59.2 Å². The normalized spacial score (nSPS) is 11.5. The molecule has 0 spiro atoms. The zero-order valence-corrected chi connectivity index (χ0v) is 13.8. The fraction of sp³-hybridized carbons (Fsp3) is 0. The van der Waals surface area contributed by atoms with Gasteiger partial charge in [0.25, 0.3) is 0 Å². The first kappa shape index (κ1) is 14.9. The number of thiazole rings is 1. The predicted octanol–water partition coefficient (Wildman–Crippen LogP) is 5.06. The lowest BCUT2D eigenvalue weighted by Gasteiger charge is -1.93. The van der Waals surface area contributed by atoms with Gasteiger partial charge in [-0.25, -0.2) is 15.0 Å². The van der Waals surface area contributed by atoms with Gasteiger partial charge in [-0.1, -0.05) is 35.1 Å². The third-order valence-electron chi connectivity index (χ3n) is 3.31. The summed E-state index contributed by atoms with van der Waals surface area (Å²) in [5.74, 6) is 0.0136. The number of aliphatic imine (C=N–C) groups is 1. The molecule has 2 aromatic heterocycles. The Balaban J connectivity index is 1.63. The van der Waals surface area contributed by atoms with Gasteiger partial charge in [0.15, 0.2) is 5.69 Å². The highest BCUT2D eigenvalue weighted by Crippen LogP contribution is 2.29. The van der Waals surface area contributed by atoms with Crippen molar-refractivity contribution in [3.8, 4) is 17.4 Å². The summed E-state index contributed by atoms with van der Waals surface area (Å²) in [6, 6.07) is 14.8. The summed E-state index contributed by atoms with van der Waals surface area (Å²) in [6.07, 6.45) is 1.44. The van der Waals surface area contributed by atoms with Gasteiger partial charge in [-0.15, -0.1) is 0 Å². The number of nitrogens with zero attached hydrogens (tertiary/aromatic N) is 3. The fourth-order valence-electron chi connectivity index (χ4n) is 2.16. The van der Waals surface area contributed by atoms with Crippen molar-refractivity contribution in [1.29, 1.82) is 0 Å². The van der Waals surface area contributed by atoms with E-state index in [1.165, 1.54) is 17.6 Å². The van der Waals surface area contributed by atoms with Gasteiger partial charge in [-0.05, 0) is 36.4 Å². The molecule has 0 aliphatic carbocycles. The Hall–Kier alpha value is -2.70. The van der Waals surface area contributed by atoms with Gasteiger partial charge in [-0.3, -0.25) is 0 Å². The average molecular weight is 356 g/mol. The Bertz CT molecular complexity index is 1000. The lowest BCUT2D eigenvalue weighted by Crippen LogP contribution is -1.82. The van der Waals surface area contributed by atoms with E-state index in [4.69, 9.17) is 16.0 Å². The number of fused-ring (bicyclic) bond motifs is 1. The molecule has 0 fully saturated rings. The Morgan fingerprint density at radius 2 is 1.88 bits per heavy atom. The lowest BCUT2D eigenvalue weighted by atomic mass is 10.2. The van der Waals surface area contributed by atoms with Gasteiger partial charge in [0.1, 0.15) is 0 Å². The van der Waals surface area contributed by atoms with Gasteiger partial charge in [0.2, 0.25) is 11.0 Å². The van der Waals surface area contributed by atoms with Gasteiger partial charge >= 0.3 is 5.95 Å². The van der Waals surface area contributed by atoms with Crippen molar-refractivity contribution >= 4 is 44.5 Å². The number of benzene rings is 2. The lowest BCUT2D eigenvalue weighted by molar-refractivity contribution is 0.337. The third-order valence-corrected chi connectivity index (χ3v) is 4.50. The van der Waals surface area contributed by atoms with Crippen LogP contribution in [0.1, 0.15) is 5.69 Å². The highest BCUT2D eigenvalue weighted by atomic mass is 35.5. The van der Waals surface area contributed by atoms with Gasteiger partial charge in [-0.2, -0.15) is 0 Å². The molecule has 0 amide bonds. The van der Waals surface area contributed by atoms with Crippen LogP contribution in [0.25, 0.3) is 21.7 Å². The molecule has 2 aromatic carbocycles. The van der Waals surface area contributed by atoms with Crippen molar-refractivity contribution in [2.45, 2.75) is 0 Å². The van der Waals surface area contributed by atoms with Crippen LogP contribution in [-0.4, -0.2) is 21.3 Å². The van der Waals surface area contributed by atoms with Crippen LogP contribution in [0.2, 0.25) is 5.02 Å². The van der Waals surface area contributed by atoms with Crippen LogP contribution in [0.4, 0.5) is 5.13 Å². The molecule has 0 aliphatic heterocycles. The van der Waals surface area contributed by atoms with E-state index in [-0.39, 0.29) is 11.6 Å². The fourth-order valence-corrected chi connectivity index (χ4v) is 3.09. The molecule has 5 nitrogen and oxygen atoms in total. The zero-order chi connectivity index (χ0) is 16.5. The number of aromatic nitrogens is 2. The Kier molecular flexibility index (Phi) is 3.76. The van der Waals surface area contributed by atoms with E-state index >= 15 is 0 Å². The van der Waals surface area contributed by atoms with E-state index in [9.17, 15) is 5.11 Å². The summed E-state index contributed by atoms with van der Waals surface area (Å²) < 4.78 is 6.33. The smallest absolute Gasteiger partial charge is 0.312 e. The summed E-state index contributed by atoms with van der Waals surface area (Å²) in [6.45, 7) is 0. The molecule has 7 heteroatoms. The Morgan fingerprint density at radius 3 is 2.67 bits per heavy atom. The molecule has 0 unspecified atom stereocenters. The second kappa shape index (κ2) is 6.07. The number of oxazole rings is 1. The highest BCUT2D eigenvalue weighted by molar-refractivity contribution is 7.22. The number of hydrogen-bond donors (Lipinski definition) is 1. The summed E-state index contributed by atoms with van der Waals surface area (Å²) in [5, 5.41) is 11.1. The standard InChI is InChI=1S/C17H10ClN3O2S/c18-11-7-5-10(6-8-11)15-20-13(16(22)23-15)9-19-17-21-12-3-1-2-4-14(12)24-17/h1-9,22H/b19-9+. The number of rotatable bonds is 3. The first-order chi connectivity index (χ1) is 11.7. The minimum Gasteiger partial charge on any atom is -0.479 e. The number of aromatic hydroxyl groups is 1. The van der Waals surface area contributed by atoms with E-state index in [2.05, 4.69) is 15.0 Å². The topological polar surface area (TPSA) is 71.5 Å². The Labute approximate surface area is 145 Å². The second-order valence-corrected chi connectivity index (χ2v) is 6.38. The maximum absolute atomic E-state index is 9.90. The highest BCUT2D eigenvalue weighted by Gasteiger charge is 2.12. The number of halogens is 1. The number of para-hydroxylation sites is 1. The van der Waals surface area contributed by atoms with Gasteiger partial charge < -0.3 is 9.52 Å². The Morgan fingerprint density at radius 1 is 1.08 bits per heavy atom. The van der Waals surface area contributed by atoms with Crippen molar-refractivity contribution in [3.63, 3.8) is 0 Å². The molecule has 0 aliphatic rings. The molecule has 0 bridgehead atoms. The van der Waals surface area contributed by atoms with Crippen LogP contribution in [0.5, 0.6) is 5.95 Å². The minimum atomic E-state index is -0.287. The molecule has 0 atom stereocenters. The molecular weight excluding hydrogens is 346 g/mol. The number of hydrogen-bond acceptors (Lipinski definition) is 6. The molecule has 24 heavy (non-hydrogen) atoms. The third kappa shape index (κ3) is 2.89. The molecule has 0 radical (unpaired) electrons. The van der Waals surface area contributed by atoms with Crippen LogP contribution in [0, 0.1) is 0 Å². The predicted molar refractivity (Wildman–Crippen MR) is 95.5 cm³/mol. The van der Waals surface area contributed by atoms with E-state index < -0.39 is 0 Å². The maximum atomic E-state index is 9.90. The minimum absolute atomic E-state index is 0.249. The van der Waals surface area contributed by atoms with E-state index in [0.717, 1.165) is 10.2 Å². The van der Waals surface area contributed by atoms with Crippen LogP contribution in [0.15, 0.2) is 57.9 Å². The van der Waals surface area contributed by atoms with Crippen molar-refractivity contribution in [2.75, 3.05) is 0 Å². The molecule has 2 heterocycles. The molecular formula is C17H10ClN3O2S. The van der Waals surface area contributed by atoms with Gasteiger partial charge in [0, 0.05) is 10.6 Å². The summed E-state index contributed by atoms with van der Waals surface area (Å²) in [4.78, 5) is 12.9. The quantitative estimate of drug-likeness (QED) is 0.521. The van der Waals surface area contributed by atoms with Crippen molar-refractivity contribution < 1.29 is 9.52 Å². The van der Waals surface area contributed by atoms with E-state index in [0.29, 0.717) is 21.6 Å². The largest absolute Gasteiger partial charge is 0.479 e.